The molecule has 4 nitrogen and oxygen atoms in total. The minimum Gasteiger partial charge on any atom is -0.337 e. The molecule has 18 heavy (non-hydrogen) atoms. The molecule has 2 amide bonds. The Balaban J connectivity index is 1.73. The summed E-state index contributed by atoms with van der Waals surface area (Å²) in [5, 5.41) is 7.88. The van der Waals surface area contributed by atoms with Crippen molar-refractivity contribution in [3.05, 3.63) is 45.9 Å². The maximum Gasteiger partial charge on any atom is 0.321 e. The highest BCUT2D eigenvalue weighted by Gasteiger charge is 2.02. The summed E-state index contributed by atoms with van der Waals surface area (Å²) in [6.45, 7) is 0.591. The lowest BCUT2D eigenvalue weighted by Gasteiger charge is -2.05. The van der Waals surface area contributed by atoms with Gasteiger partial charge in [0.1, 0.15) is 0 Å². The molecular weight excluding hydrogens is 314 g/mol. The fraction of sp³-hybridized carbons (Fsp3) is 0.167. The Labute approximate surface area is 118 Å². The van der Waals surface area contributed by atoms with Gasteiger partial charge in [0.15, 0.2) is 5.13 Å². The molecule has 1 aromatic heterocycles. The predicted molar refractivity (Wildman–Crippen MR) is 77.0 cm³/mol. The third-order valence-corrected chi connectivity index (χ3v) is 3.42. The van der Waals surface area contributed by atoms with E-state index in [4.69, 9.17) is 0 Å². The van der Waals surface area contributed by atoms with Crippen LogP contribution in [0.3, 0.4) is 0 Å². The second-order valence-corrected chi connectivity index (χ2v) is 5.41. The number of nitrogens with zero attached hydrogens (tertiary/aromatic N) is 1. The summed E-state index contributed by atoms with van der Waals surface area (Å²) in [7, 11) is 0. The lowest BCUT2D eigenvalue weighted by atomic mass is 10.1. The van der Waals surface area contributed by atoms with Crippen molar-refractivity contribution < 1.29 is 4.79 Å². The number of carbonyl (C=O) groups excluding carboxylic acids is 1. The van der Waals surface area contributed by atoms with Gasteiger partial charge in [0.25, 0.3) is 0 Å². The summed E-state index contributed by atoms with van der Waals surface area (Å²) in [4.78, 5) is 15.5. The maximum absolute atomic E-state index is 11.5. The summed E-state index contributed by atoms with van der Waals surface area (Å²) < 4.78 is 1.05. The first-order chi connectivity index (χ1) is 8.74. The molecule has 0 unspecified atom stereocenters. The van der Waals surface area contributed by atoms with E-state index < -0.39 is 0 Å². The Morgan fingerprint density at radius 2 is 2.33 bits per heavy atom. The predicted octanol–water partition coefficient (Wildman–Crippen LogP) is 3.27. The number of rotatable bonds is 4. The van der Waals surface area contributed by atoms with E-state index in [0.29, 0.717) is 11.7 Å². The molecule has 0 aliphatic heterocycles. The Hall–Kier alpha value is -1.40. The molecule has 0 saturated carbocycles. The molecule has 0 spiro atoms. The monoisotopic (exact) mass is 325 g/mol. The maximum atomic E-state index is 11.5. The molecule has 0 aliphatic carbocycles. The van der Waals surface area contributed by atoms with Crippen LogP contribution in [0.15, 0.2) is 40.3 Å². The molecule has 1 heterocycles. The van der Waals surface area contributed by atoms with Gasteiger partial charge < -0.3 is 5.32 Å². The number of halogens is 1. The van der Waals surface area contributed by atoms with Crippen LogP contribution in [0.4, 0.5) is 9.93 Å². The van der Waals surface area contributed by atoms with E-state index >= 15 is 0 Å². The molecule has 0 bridgehead atoms. The smallest absolute Gasteiger partial charge is 0.321 e. The first kappa shape index (κ1) is 13.0. The molecule has 1 aromatic carbocycles. The average molecular weight is 326 g/mol. The van der Waals surface area contributed by atoms with Gasteiger partial charge in [0.05, 0.1) is 0 Å². The Morgan fingerprint density at radius 3 is 3.06 bits per heavy atom. The zero-order valence-corrected chi connectivity index (χ0v) is 11.9. The largest absolute Gasteiger partial charge is 0.337 e. The third-order valence-electron chi connectivity index (χ3n) is 2.24. The molecular formula is C12H12BrN3OS. The molecule has 0 fully saturated rings. The van der Waals surface area contributed by atoms with Crippen LogP contribution >= 0.6 is 27.3 Å². The first-order valence-electron chi connectivity index (χ1n) is 5.43. The van der Waals surface area contributed by atoms with E-state index in [-0.39, 0.29) is 6.03 Å². The standard InChI is InChI=1S/C12H12BrN3OS/c13-10-3-1-2-9(8-10)4-5-14-11(17)16-12-15-6-7-18-12/h1-3,6-8H,4-5H2,(H2,14,15,16,17). The van der Waals surface area contributed by atoms with Gasteiger partial charge in [0, 0.05) is 22.6 Å². The van der Waals surface area contributed by atoms with E-state index in [0.717, 1.165) is 10.9 Å². The van der Waals surface area contributed by atoms with Crippen molar-refractivity contribution in [1.29, 1.82) is 0 Å². The zero-order chi connectivity index (χ0) is 12.8. The molecule has 0 radical (unpaired) electrons. The van der Waals surface area contributed by atoms with Gasteiger partial charge >= 0.3 is 6.03 Å². The summed E-state index contributed by atoms with van der Waals surface area (Å²) in [6.07, 6.45) is 2.45. The van der Waals surface area contributed by atoms with Crippen molar-refractivity contribution >= 4 is 38.4 Å². The van der Waals surface area contributed by atoms with Crippen LogP contribution in [0.25, 0.3) is 0 Å². The number of benzene rings is 1. The number of thiazole rings is 1. The van der Waals surface area contributed by atoms with Gasteiger partial charge in [-0.25, -0.2) is 9.78 Å². The number of aromatic nitrogens is 1. The van der Waals surface area contributed by atoms with Crippen molar-refractivity contribution in [2.45, 2.75) is 6.42 Å². The number of carbonyl (C=O) groups is 1. The Bertz CT molecular complexity index is 516. The van der Waals surface area contributed by atoms with Gasteiger partial charge in [-0.1, -0.05) is 28.1 Å². The number of hydrogen-bond acceptors (Lipinski definition) is 3. The molecule has 0 aliphatic rings. The molecule has 0 atom stereocenters. The lowest BCUT2D eigenvalue weighted by Crippen LogP contribution is -2.30. The minimum atomic E-state index is -0.222. The van der Waals surface area contributed by atoms with Crippen LogP contribution in [-0.4, -0.2) is 17.6 Å². The van der Waals surface area contributed by atoms with E-state index in [1.807, 2.05) is 29.6 Å². The summed E-state index contributed by atoms with van der Waals surface area (Å²) in [5.74, 6) is 0. The van der Waals surface area contributed by atoms with Crippen molar-refractivity contribution in [2.75, 3.05) is 11.9 Å². The van der Waals surface area contributed by atoms with Gasteiger partial charge in [-0.15, -0.1) is 11.3 Å². The number of urea groups is 1. The Kier molecular flexibility index (Phi) is 4.72. The summed E-state index contributed by atoms with van der Waals surface area (Å²) in [5.41, 5.74) is 1.18. The molecule has 6 heteroatoms. The number of amides is 2. The number of nitrogens with one attached hydrogen (secondary N) is 2. The molecule has 94 valence electrons. The fourth-order valence-corrected chi connectivity index (χ4v) is 2.41. The van der Waals surface area contributed by atoms with Crippen LogP contribution in [0, 0.1) is 0 Å². The van der Waals surface area contributed by atoms with Crippen molar-refractivity contribution in [3.63, 3.8) is 0 Å². The second kappa shape index (κ2) is 6.51. The lowest BCUT2D eigenvalue weighted by molar-refractivity contribution is 0.252. The topological polar surface area (TPSA) is 54.0 Å². The minimum absolute atomic E-state index is 0.222. The highest BCUT2D eigenvalue weighted by atomic mass is 79.9. The van der Waals surface area contributed by atoms with Crippen LogP contribution in [0.1, 0.15) is 5.56 Å². The van der Waals surface area contributed by atoms with Gasteiger partial charge in [-0.2, -0.15) is 0 Å². The van der Waals surface area contributed by atoms with E-state index in [2.05, 4.69) is 31.5 Å². The average Bonchev–Trinajstić information content (AvgIpc) is 2.82. The van der Waals surface area contributed by atoms with Crippen LogP contribution in [-0.2, 0) is 6.42 Å². The molecule has 2 N–H and O–H groups in total. The van der Waals surface area contributed by atoms with Crippen molar-refractivity contribution in [2.24, 2.45) is 0 Å². The van der Waals surface area contributed by atoms with Crippen LogP contribution < -0.4 is 10.6 Å². The second-order valence-electron chi connectivity index (χ2n) is 3.60. The van der Waals surface area contributed by atoms with Crippen molar-refractivity contribution in [3.8, 4) is 0 Å². The fourth-order valence-electron chi connectivity index (χ4n) is 1.44. The van der Waals surface area contributed by atoms with Gasteiger partial charge in [0.2, 0.25) is 0 Å². The number of hydrogen-bond donors (Lipinski definition) is 2. The number of anilines is 1. The highest BCUT2D eigenvalue weighted by Crippen LogP contribution is 2.12. The molecule has 2 rings (SSSR count). The van der Waals surface area contributed by atoms with E-state index in [9.17, 15) is 4.79 Å². The normalized spacial score (nSPS) is 10.1. The molecule has 2 aromatic rings. The van der Waals surface area contributed by atoms with Crippen LogP contribution in [0.2, 0.25) is 0 Å². The van der Waals surface area contributed by atoms with Crippen molar-refractivity contribution in [1.82, 2.24) is 10.3 Å². The molecule has 0 saturated heterocycles. The van der Waals surface area contributed by atoms with E-state index in [1.165, 1.54) is 16.9 Å². The quantitative estimate of drug-likeness (QED) is 0.906. The van der Waals surface area contributed by atoms with E-state index in [1.54, 1.807) is 6.20 Å². The SMILES string of the molecule is O=C(NCCc1cccc(Br)c1)Nc1nccs1. The third kappa shape index (κ3) is 4.12. The van der Waals surface area contributed by atoms with Gasteiger partial charge in [-0.3, -0.25) is 5.32 Å². The van der Waals surface area contributed by atoms with Gasteiger partial charge in [-0.05, 0) is 24.1 Å². The highest BCUT2D eigenvalue weighted by molar-refractivity contribution is 9.10. The zero-order valence-electron chi connectivity index (χ0n) is 9.52. The van der Waals surface area contributed by atoms with Crippen LogP contribution in [0.5, 0.6) is 0 Å². The summed E-state index contributed by atoms with van der Waals surface area (Å²) in [6, 6.07) is 7.81. The summed E-state index contributed by atoms with van der Waals surface area (Å²) >= 11 is 4.81. The first-order valence-corrected chi connectivity index (χ1v) is 7.10. The Morgan fingerprint density at radius 1 is 1.44 bits per heavy atom.